The van der Waals surface area contributed by atoms with Crippen LogP contribution in [0.5, 0.6) is 5.75 Å². The van der Waals surface area contributed by atoms with Crippen LogP contribution in [0.25, 0.3) is 0 Å². The summed E-state index contributed by atoms with van der Waals surface area (Å²) in [6.45, 7) is 2.54. The van der Waals surface area contributed by atoms with E-state index in [1.54, 1.807) is 11.3 Å². The van der Waals surface area contributed by atoms with Crippen molar-refractivity contribution in [3.8, 4) is 5.75 Å². The van der Waals surface area contributed by atoms with Gasteiger partial charge in [-0.1, -0.05) is 12.1 Å². The molecule has 1 atom stereocenters. The first kappa shape index (κ1) is 12.6. The molecule has 0 saturated heterocycles. The molecule has 1 unspecified atom stereocenters. The second-order valence-electron chi connectivity index (χ2n) is 3.88. The standard InChI is InChI=1S/C13H14BrNOS/c1-9-3-2-4-10(7-9)16-8-11(15)12-5-6-13(14)17-12/h2-7,11H,8,15H2,1H3. The zero-order valence-electron chi connectivity index (χ0n) is 9.52. The SMILES string of the molecule is Cc1cccc(OCC(N)c2ccc(Br)s2)c1. The van der Waals surface area contributed by atoms with Crippen molar-refractivity contribution in [2.24, 2.45) is 5.73 Å². The molecule has 0 spiro atoms. The van der Waals surface area contributed by atoms with E-state index in [0.717, 1.165) is 14.4 Å². The van der Waals surface area contributed by atoms with Gasteiger partial charge < -0.3 is 10.5 Å². The molecule has 0 amide bonds. The van der Waals surface area contributed by atoms with Gasteiger partial charge in [0.2, 0.25) is 0 Å². The lowest BCUT2D eigenvalue weighted by molar-refractivity contribution is 0.292. The molecule has 2 nitrogen and oxygen atoms in total. The summed E-state index contributed by atoms with van der Waals surface area (Å²) >= 11 is 5.07. The van der Waals surface area contributed by atoms with Crippen LogP contribution in [0.4, 0.5) is 0 Å². The number of aryl methyl sites for hydroxylation is 1. The van der Waals surface area contributed by atoms with Gasteiger partial charge in [0.15, 0.2) is 0 Å². The smallest absolute Gasteiger partial charge is 0.119 e. The normalized spacial score (nSPS) is 12.4. The van der Waals surface area contributed by atoms with Crippen LogP contribution < -0.4 is 10.5 Å². The Labute approximate surface area is 114 Å². The predicted molar refractivity (Wildman–Crippen MR) is 75.6 cm³/mol. The highest BCUT2D eigenvalue weighted by Gasteiger charge is 2.09. The molecule has 4 heteroatoms. The minimum Gasteiger partial charge on any atom is -0.492 e. The van der Waals surface area contributed by atoms with Crippen LogP contribution in [-0.2, 0) is 0 Å². The van der Waals surface area contributed by atoms with E-state index in [4.69, 9.17) is 10.5 Å². The third-order valence-corrected chi connectivity index (χ3v) is 4.13. The Balaban J connectivity index is 1.94. The third-order valence-electron chi connectivity index (χ3n) is 2.38. The predicted octanol–water partition coefficient (Wildman–Crippen LogP) is 3.90. The van der Waals surface area contributed by atoms with E-state index in [9.17, 15) is 0 Å². The van der Waals surface area contributed by atoms with E-state index in [0.29, 0.717) is 6.61 Å². The first-order valence-corrected chi connectivity index (χ1v) is 6.96. The Bertz CT molecular complexity index is 498. The van der Waals surface area contributed by atoms with Gasteiger partial charge in [0.05, 0.1) is 9.83 Å². The Morgan fingerprint density at radius 3 is 2.82 bits per heavy atom. The molecule has 1 aromatic carbocycles. The molecule has 2 rings (SSSR count). The van der Waals surface area contributed by atoms with Crippen molar-refractivity contribution in [3.63, 3.8) is 0 Å². The van der Waals surface area contributed by atoms with E-state index in [1.807, 2.05) is 43.3 Å². The molecule has 0 bridgehead atoms. The lowest BCUT2D eigenvalue weighted by atomic mass is 10.2. The molecule has 1 aromatic heterocycles. The highest BCUT2D eigenvalue weighted by molar-refractivity contribution is 9.11. The summed E-state index contributed by atoms with van der Waals surface area (Å²) in [7, 11) is 0. The lowest BCUT2D eigenvalue weighted by Crippen LogP contribution is -2.17. The van der Waals surface area contributed by atoms with Gasteiger partial charge in [-0.05, 0) is 52.7 Å². The maximum atomic E-state index is 6.06. The number of rotatable bonds is 4. The summed E-state index contributed by atoms with van der Waals surface area (Å²) in [6, 6.07) is 11.9. The molecular formula is C13H14BrNOS. The summed E-state index contributed by atoms with van der Waals surface area (Å²) in [5.74, 6) is 0.871. The van der Waals surface area contributed by atoms with E-state index in [2.05, 4.69) is 15.9 Å². The van der Waals surface area contributed by atoms with Gasteiger partial charge in [-0.15, -0.1) is 11.3 Å². The maximum Gasteiger partial charge on any atom is 0.119 e. The summed E-state index contributed by atoms with van der Waals surface area (Å²) in [5.41, 5.74) is 7.25. The molecule has 0 saturated carbocycles. The van der Waals surface area contributed by atoms with Crippen molar-refractivity contribution < 1.29 is 4.74 Å². The number of benzene rings is 1. The fourth-order valence-electron chi connectivity index (χ4n) is 1.50. The molecule has 0 aliphatic heterocycles. The average Bonchev–Trinajstić information content (AvgIpc) is 2.73. The molecule has 0 fully saturated rings. The van der Waals surface area contributed by atoms with E-state index < -0.39 is 0 Å². The first-order chi connectivity index (χ1) is 8.15. The molecule has 2 N–H and O–H groups in total. The number of halogens is 1. The Kier molecular flexibility index (Phi) is 4.20. The fraction of sp³-hybridized carbons (Fsp3) is 0.231. The summed E-state index contributed by atoms with van der Waals surface area (Å²) in [6.07, 6.45) is 0. The third kappa shape index (κ3) is 3.56. The zero-order valence-corrected chi connectivity index (χ0v) is 11.9. The van der Waals surface area contributed by atoms with E-state index in [1.165, 1.54) is 5.56 Å². The molecule has 0 radical (unpaired) electrons. The maximum absolute atomic E-state index is 6.06. The number of hydrogen-bond donors (Lipinski definition) is 1. The van der Waals surface area contributed by atoms with Crippen LogP contribution in [-0.4, -0.2) is 6.61 Å². The van der Waals surface area contributed by atoms with Crippen molar-refractivity contribution in [2.75, 3.05) is 6.61 Å². The van der Waals surface area contributed by atoms with Gasteiger partial charge in [-0.25, -0.2) is 0 Å². The van der Waals surface area contributed by atoms with Gasteiger partial charge in [0.1, 0.15) is 12.4 Å². The average molecular weight is 312 g/mol. The van der Waals surface area contributed by atoms with E-state index >= 15 is 0 Å². The van der Waals surface area contributed by atoms with Gasteiger partial charge >= 0.3 is 0 Å². The Hall–Kier alpha value is -0.840. The molecule has 90 valence electrons. The molecule has 17 heavy (non-hydrogen) atoms. The monoisotopic (exact) mass is 311 g/mol. The minimum atomic E-state index is -0.0770. The van der Waals surface area contributed by atoms with E-state index in [-0.39, 0.29) is 6.04 Å². The van der Waals surface area contributed by atoms with Crippen LogP contribution in [0.15, 0.2) is 40.2 Å². The lowest BCUT2D eigenvalue weighted by Gasteiger charge is -2.11. The summed E-state index contributed by atoms with van der Waals surface area (Å²) in [5, 5.41) is 0. The van der Waals surface area contributed by atoms with Crippen molar-refractivity contribution in [2.45, 2.75) is 13.0 Å². The topological polar surface area (TPSA) is 35.2 Å². The largest absolute Gasteiger partial charge is 0.492 e. The first-order valence-electron chi connectivity index (χ1n) is 5.35. The van der Waals surface area contributed by atoms with Crippen LogP contribution in [0.2, 0.25) is 0 Å². The molecule has 1 heterocycles. The van der Waals surface area contributed by atoms with Gasteiger partial charge in [-0.2, -0.15) is 0 Å². The quantitative estimate of drug-likeness (QED) is 0.929. The second-order valence-corrected chi connectivity index (χ2v) is 6.37. The molecule has 0 aliphatic rings. The summed E-state index contributed by atoms with van der Waals surface area (Å²) in [4.78, 5) is 1.13. The van der Waals surface area contributed by atoms with Crippen molar-refractivity contribution in [1.29, 1.82) is 0 Å². The van der Waals surface area contributed by atoms with Crippen LogP contribution in [0.3, 0.4) is 0 Å². The highest BCUT2D eigenvalue weighted by Crippen LogP contribution is 2.26. The van der Waals surface area contributed by atoms with Crippen LogP contribution in [0.1, 0.15) is 16.5 Å². The van der Waals surface area contributed by atoms with Crippen molar-refractivity contribution in [1.82, 2.24) is 0 Å². The molecular weight excluding hydrogens is 298 g/mol. The molecule has 2 aromatic rings. The van der Waals surface area contributed by atoms with Crippen LogP contribution in [0, 0.1) is 6.92 Å². The van der Waals surface area contributed by atoms with Gasteiger partial charge in [0, 0.05) is 4.88 Å². The molecule has 0 aliphatic carbocycles. The van der Waals surface area contributed by atoms with Crippen molar-refractivity contribution >= 4 is 27.3 Å². The second kappa shape index (κ2) is 5.67. The minimum absolute atomic E-state index is 0.0770. The van der Waals surface area contributed by atoms with Crippen molar-refractivity contribution in [3.05, 3.63) is 50.6 Å². The zero-order chi connectivity index (χ0) is 12.3. The Morgan fingerprint density at radius 2 is 2.18 bits per heavy atom. The number of ether oxygens (including phenoxy) is 1. The summed E-state index contributed by atoms with van der Waals surface area (Å²) < 4.78 is 6.77. The number of thiophene rings is 1. The van der Waals surface area contributed by atoms with Gasteiger partial charge in [-0.3, -0.25) is 0 Å². The fourth-order valence-corrected chi connectivity index (χ4v) is 2.91. The number of hydrogen-bond acceptors (Lipinski definition) is 3. The van der Waals surface area contributed by atoms with Gasteiger partial charge in [0.25, 0.3) is 0 Å². The Morgan fingerprint density at radius 1 is 1.35 bits per heavy atom. The van der Waals surface area contributed by atoms with Crippen LogP contribution >= 0.6 is 27.3 Å². The highest BCUT2D eigenvalue weighted by atomic mass is 79.9. The number of nitrogens with two attached hydrogens (primary N) is 1.